The van der Waals surface area contributed by atoms with E-state index in [-0.39, 0.29) is 18.4 Å². The second-order valence-corrected chi connectivity index (χ2v) is 5.77. The van der Waals surface area contributed by atoms with Crippen LogP contribution in [-0.2, 0) is 4.79 Å². The topological polar surface area (TPSA) is 58.6 Å². The van der Waals surface area contributed by atoms with Crippen molar-refractivity contribution >= 4 is 33.4 Å². The first kappa shape index (κ1) is 17.0. The number of hydrogen-bond donors (Lipinski definition) is 1. The third-order valence-corrected chi connectivity index (χ3v) is 3.90. The Balaban J connectivity index is 1.97. The third-order valence-electron chi connectivity index (χ3n) is 3.21. The van der Waals surface area contributed by atoms with E-state index in [4.69, 9.17) is 4.74 Å². The van der Waals surface area contributed by atoms with Gasteiger partial charge in [0.25, 0.3) is 5.91 Å². The number of carbonyl (C=O) groups is 2. The van der Waals surface area contributed by atoms with Gasteiger partial charge in [0.15, 0.2) is 0 Å². The van der Waals surface area contributed by atoms with Crippen LogP contribution in [-0.4, -0.2) is 37.4 Å². The number of likely N-dealkylation sites (N-methyl/N-ethyl adjacent to an activating group) is 1. The Hall–Kier alpha value is -2.34. The van der Waals surface area contributed by atoms with Crippen molar-refractivity contribution in [1.29, 1.82) is 0 Å². The normalized spacial score (nSPS) is 10.0. The monoisotopic (exact) mass is 376 g/mol. The number of benzene rings is 2. The van der Waals surface area contributed by atoms with Gasteiger partial charge in [-0.25, -0.2) is 0 Å². The minimum atomic E-state index is -0.263. The van der Waals surface area contributed by atoms with Crippen LogP contribution < -0.4 is 10.1 Å². The van der Waals surface area contributed by atoms with Crippen LogP contribution in [0, 0.1) is 0 Å². The number of hydrogen-bond acceptors (Lipinski definition) is 3. The predicted octanol–water partition coefficient (Wildman–Crippen LogP) is 3.17. The van der Waals surface area contributed by atoms with E-state index in [1.807, 2.05) is 18.2 Å². The number of para-hydroxylation sites is 1. The van der Waals surface area contributed by atoms with Crippen molar-refractivity contribution in [2.45, 2.75) is 0 Å². The molecule has 0 aliphatic heterocycles. The zero-order valence-corrected chi connectivity index (χ0v) is 14.5. The van der Waals surface area contributed by atoms with Gasteiger partial charge < -0.3 is 15.0 Å². The summed E-state index contributed by atoms with van der Waals surface area (Å²) in [6, 6.07) is 14.1. The van der Waals surface area contributed by atoms with E-state index in [2.05, 4.69) is 21.2 Å². The zero-order chi connectivity index (χ0) is 16.8. The maximum Gasteiger partial charge on any atom is 0.254 e. The Morgan fingerprint density at radius 2 is 1.78 bits per heavy atom. The zero-order valence-electron chi connectivity index (χ0n) is 12.9. The van der Waals surface area contributed by atoms with Crippen molar-refractivity contribution in [3.05, 3.63) is 58.6 Å². The van der Waals surface area contributed by atoms with Crippen LogP contribution in [0.3, 0.4) is 0 Å². The average Bonchev–Trinajstić information content (AvgIpc) is 2.56. The van der Waals surface area contributed by atoms with Crippen molar-refractivity contribution in [3.63, 3.8) is 0 Å². The fourth-order valence-electron chi connectivity index (χ4n) is 1.99. The van der Waals surface area contributed by atoms with Crippen LogP contribution in [0.25, 0.3) is 0 Å². The Morgan fingerprint density at radius 3 is 2.39 bits per heavy atom. The smallest absolute Gasteiger partial charge is 0.254 e. The Labute approximate surface area is 143 Å². The molecule has 0 saturated heterocycles. The van der Waals surface area contributed by atoms with E-state index >= 15 is 0 Å². The summed E-state index contributed by atoms with van der Waals surface area (Å²) in [6.45, 7) is -0.0355. The number of ether oxygens (including phenoxy) is 1. The summed E-state index contributed by atoms with van der Waals surface area (Å²) in [7, 11) is 3.15. The lowest BCUT2D eigenvalue weighted by atomic mass is 10.2. The van der Waals surface area contributed by atoms with Crippen LogP contribution in [0.2, 0.25) is 0 Å². The largest absolute Gasteiger partial charge is 0.497 e. The van der Waals surface area contributed by atoms with Crippen LogP contribution in [0.1, 0.15) is 10.4 Å². The molecule has 6 heteroatoms. The highest BCUT2D eigenvalue weighted by atomic mass is 79.9. The third kappa shape index (κ3) is 4.56. The molecule has 0 atom stereocenters. The maximum absolute atomic E-state index is 12.3. The van der Waals surface area contributed by atoms with Crippen LogP contribution in [0.5, 0.6) is 5.75 Å². The molecule has 0 aliphatic rings. The van der Waals surface area contributed by atoms with Crippen molar-refractivity contribution in [2.75, 3.05) is 26.0 Å². The Morgan fingerprint density at radius 1 is 1.13 bits per heavy atom. The summed E-state index contributed by atoms with van der Waals surface area (Å²) in [6.07, 6.45) is 0. The molecule has 0 spiro atoms. The molecule has 2 aromatic rings. The summed E-state index contributed by atoms with van der Waals surface area (Å²) in [4.78, 5) is 25.7. The molecule has 5 nitrogen and oxygen atoms in total. The van der Waals surface area contributed by atoms with E-state index in [9.17, 15) is 9.59 Å². The van der Waals surface area contributed by atoms with Crippen LogP contribution in [0.15, 0.2) is 53.0 Å². The van der Waals surface area contributed by atoms with Gasteiger partial charge in [0.2, 0.25) is 5.91 Å². The summed E-state index contributed by atoms with van der Waals surface area (Å²) in [5, 5.41) is 2.77. The van der Waals surface area contributed by atoms with Crippen molar-refractivity contribution in [3.8, 4) is 5.75 Å². The molecule has 0 aromatic heterocycles. The number of rotatable bonds is 5. The van der Waals surface area contributed by atoms with Gasteiger partial charge in [0.1, 0.15) is 5.75 Å². The molecule has 0 radical (unpaired) electrons. The number of halogens is 1. The fraction of sp³-hybridized carbons (Fsp3) is 0.176. The first-order chi connectivity index (χ1) is 11.0. The average molecular weight is 377 g/mol. The molecule has 0 bridgehead atoms. The molecule has 0 unspecified atom stereocenters. The number of nitrogens with one attached hydrogen (secondary N) is 1. The van der Waals surface area contributed by atoms with Crippen molar-refractivity contribution in [1.82, 2.24) is 4.90 Å². The first-order valence-corrected chi connectivity index (χ1v) is 7.74. The molecule has 0 saturated carbocycles. The number of amides is 2. The van der Waals surface area contributed by atoms with Gasteiger partial charge in [-0.3, -0.25) is 9.59 Å². The number of methoxy groups -OCH3 is 1. The van der Waals surface area contributed by atoms with Gasteiger partial charge in [-0.1, -0.05) is 12.1 Å². The minimum Gasteiger partial charge on any atom is -0.497 e. The second kappa shape index (κ2) is 7.78. The predicted molar refractivity (Wildman–Crippen MR) is 92.7 cm³/mol. The fourth-order valence-corrected chi connectivity index (χ4v) is 2.38. The molecule has 120 valence electrons. The van der Waals surface area contributed by atoms with Gasteiger partial charge in [0.05, 0.1) is 19.3 Å². The quantitative estimate of drug-likeness (QED) is 0.871. The van der Waals surface area contributed by atoms with Gasteiger partial charge in [-0.2, -0.15) is 0 Å². The Bertz CT molecular complexity index is 701. The molecule has 2 amide bonds. The highest BCUT2D eigenvalue weighted by molar-refractivity contribution is 9.10. The van der Waals surface area contributed by atoms with Crippen molar-refractivity contribution < 1.29 is 14.3 Å². The maximum atomic E-state index is 12.3. The van der Waals surface area contributed by atoms with Gasteiger partial charge in [-0.05, 0) is 52.3 Å². The lowest BCUT2D eigenvalue weighted by Crippen LogP contribution is -2.34. The molecular weight excluding hydrogens is 360 g/mol. The molecule has 2 rings (SSSR count). The van der Waals surface area contributed by atoms with Gasteiger partial charge in [0, 0.05) is 17.1 Å². The lowest BCUT2D eigenvalue weighted by molar-refractivity contribution is -0.116. The van der Waals surface area contributed by atoms with E-state index in [1.165, 1.54) is 4.90 Å². The molecule has 23 heavy (non-hydrogen) atoms. The van der Waals surface area contributed by atoms with E-state index in [0.29, 0.717) is 17.0 Å². The SMILES string of the molecule is COc1ccc(C(=O)N(C)CC(=O)Nc2ccccc2Br)cc1. The van der Waals surface area contributed by atoms with E-state index in [1.54, 1.807) is 44.5 Å². The van der Waals surface area contributed by atoms with E-state index < -0.39 is 0 Å². The molecule has 1 N–H and O–H groups in total. The molecule has 0 aliphatic carbocycles. The summed E-state index contributed by atoms with van der Waals surface area (Å²) in [5.74, 6) is 0.187. The standard InChI is InChI=1S/C17H17BrN2O3/c1-20(17(22)12-7-9-13(23-2)10-8-12)11-16(21)19-15-6-4-3-5-14(15)18/h3-10H,11H2,1-2H3,(H,19,21). The highest BCUT2D eigenvalue weighted by Crippen LogP contribution is 2.21. The van der Waals surface area contributed by atoms with Crippen LogP contribution >= 0.6 is 15.9 Å². The summed E-state index contributed by atoms with van der Waals surface area (Å²) in [5.41, 5.74) is 1.17. The lowest BCUT2D eigenvalue weighted by Gasteiger charge is -2.17. The minimum absolute atomic E-state index is 0.0355. The summed E-state index contributed by atoms with van der Waals surface area (Å²) < 4.78 is 5.85. The summed E-state index contributed by atoms with van der Waals surface area (Å²) >= 11 is 3.36. The molecule has 0 fully saturated rings. The van der Waals surface area contributed by atoms with Crippen molar-refractivity contribution in [2.24, 2.45) is 0 Å². The second-order valence-electron chi connectivity index (χ2n) is 4.92. The van der Waals surface area contributed by atoms with E-state index in [0.717, 1.165) is 4.47 Å². The molecular formula is C17H17BrN2O3. The van der Waals surface area contributed by atoms with Gasteiger partial charge >= 0.3 is 0 Å². The Kier molecular flexibility index (Phi) is 5.76. The number of anilines is 1. The highest BCUT2D eigenvalue weighted by Gasteiger charge is 2.15. The number of nitrogens with zero attached hydrogens (tertiary/aromatic N) is 1. The van der Waals surface area contributed by atoms with Gasteiger partial charge in [-0.15, -0.1) is 0 Å². The van der Waals surface area contributed by atoms with Crippen LogP contribution in [0.4, 0.5) is 5.69 Å². The molecule has 2 aromatic carbocycles. The number of carbonyl (C=O) groups excluding carboxylic acids is 2. The first-order valence-electron chi connectivity index (χ1n) is 6.95. The molecule has 0 heterocycles.